The van der Waals surface area contributed by atoms with Crippen LogP contribution in [0.25, 0.3) is 0 Å². The second kappa shape index (κ2) is 9.50. The number of halogens is 2. The van der Waals surface area contributed by atoms with Gasteiger partial charge in [0.1, 0.15) is 0 Å². The summed E-state index contributed by atoms with van der Waals surface area (Å²) in [5.41, 5.74) is 0.322. The molecule has 1 aromatic carbocycles. The van der Waals surface area contributed by atoms with E-state index in [0.717, 1.165) is 32.2 Å². The molecule has 2 fully saturated rings. The molecule has 5 nitrogen and oxygen atoms in total. The third-order valence-corrected chi connectivity index (χ3v) is 5.87. The number of nitrogens with zero attached hydrogens (tertiary/aromatic N) is 1. The number of nitrogens with one attached hydrogen (secondary N) is 2. The number of hydrogen-bond donors (Lipinski definition) is 2. The van der Waals surface area contributed by atoms with Gasteiger partial charge in [-0.3, -0.25) is 9.59 Å². The van der Waals surface area contributed by atoms with Gasteiger partial charge in [-0.15, -0.1) is 0 Å². The molecule has 0 aromatic heterocycles. The monoisotopic (exact) mass is 397 g/mol. The highest BCUT2D eigenvalue weighted by Gasteiger charge is 2.28. The fourth-order valence-electron chi connectivity index (χ4n) is 3.71. The molecule has 0 aliphatic carbocycles. The molecule has 2 aliphatic rings. The van der Waals surface area contributed by atoms with Crippen LogP contribution in [0.4, 0.5) is 8.78 Å². The summed E-state index contributed by atoms with van der Waals surface area (Å²) < 4.78 is 25.5. The number of hydrogen-bond acceptors (Lipinski definition) is 4. The first-order valence-corrected chi connectivity index (χ1v) is 10.3. The van der Waals surface area contributed by atoms with Gasteiger partial charge in [-0.25, -0.2) is 0 Å². The van der Waals surface area contributed by atoms with E-state index in [-0.39, 0.29) is 23.8 Å². The maximum Gasteiger partial charge on any atom is 0.288 e. The van der Waals surface area contributed by atoms with Crippen molar-refractivity contribution in [1.29, 1.82) is 0 Å². The van der Waals surface area contributed by atoms with Crippen molar-refractivity contribution < 1.29 is 18.4 Å². The molecule has 2 amide bonds. The Bertz CT molecular complexity index is 668. The van der Waals surface area contributed by atoms with Crippen LogP contribution in [-0.2, 0) is 4.79 Å². The van der Waals surface area contributed by atoms with Crippen molar-refractivity contribution in [3.05, 3.63) is 29.8 Å². The molecule has 0 bridgehead atoms. The van der Waals surface area contributed by atoms with Crippen molar-refractivity contribution in [3.63, 3.8) is 0 Å². The molecule has 0 spiro atoms. The lowest BCUT2D eigenvalue weighted by atomic mass is 9.97. The maximum atomic E-state index is 12.9. The van der Waals surface area contributed by atoms with Crippen molar-refractivity contribution in [2.45, 2.75) is 42.4 Å². The van der Waals surface area contributed by atoms with Gasteiger partial charge in [-0.1, -0.05) is 23.9 Å². The number of carbonyl (C=O) groups excluding carboxylic acids is 2. The van der Waals surface area contributed by atoms with E-state index in [9.17, 15) is 18.4 Å². The van der Waals surface area contributed by atoms with Gasteiger partial charge in [0.2, 0.25) is 5.91 Å². The summed E-state index contributed by atoms with van der Waals surface area (Å²) in [5, 5.41) is 6.16. The summed E-state index contributed by atoms with van der Waals surface area (Å²) in [4.78, 5) is 27.0. The lowest BCUT2D eigenvalue weighted by Crippen LogP contribution is -2.46. The van der Waals surface area contributed by atoms with E-state index in [1.807, 2.05) is 0 Å². The van der Waals surface area contributed by atoms with Crippen molar-refractivity contribution in [2.75, 3.05) is 26.2 Å². The van der Waals surface area contributed by atoms with E-state index in [2.05, 4.69) is 10.6 Å². The van der Waals surface area contributed by atoms with E-state index in [4.69, 9.17) is 0 Å². The summed E-state index contributed by atoms with van der Waals surface area (Å²) in [6.07, 6.45) is 3.66. The van der Waals surface area contributed by atoms with Crippen LogP contribution in [0.3, 0.4) is 0 Å². The highest BCUT2D eigenvalue weighted by atomic mass is 32.2. The summed E-state index contributed by atoms with van der Waals surface area (Å²) >= 11 is 0.402. The van der Waals surface area contributed by atoms with Crippen molar-refractivity contribution in [2.24, 2.45) is 5.92 Å². The molecule has 2 N–H and O–H groups in total. The Labute approximate surface area is 162 Å². The Morgan fingerprint density at radius 2 is 2.07 bits per heavy atom. The first kappa shape index (κ1) is 20.1. The quantitative estimate of drug-likeness (QED) is 0.725. The van der Waals surface area contributed by atoms with Gasteiger partial charge in [-0.2, -0.15) is 8.78 Å². The van der Waals surface area contributed by atoms with Crippen LogP contribution < -0.4 is 10.6 Å². The number of piperidine rings is 1. The predicted molar refractivity (Wildman–Crippen MR) is 101 cm³/mol. The van der Waals surface area contributed by atoms with Crippen molar-refractivity contribution >= 4 is 23.6 Å². The van der Waals surface area contributed by atoms with E-state index >= 15 is 0 Å². The third-order valence-electron chi connectivity index (χ3n) is 5.08. The van der Waals surface area contributed by atoms with Gasteiger partial charge in [-0.05, 0) is 50.3 Å². The molecule has 2 heterocycles. The van der Waals surface area contributed by atoms with Crippen LogP contribution in [0.15, 0.2) is 29.2 Å². The topological polar surface area (TPSA) is 61.4 Å². The number of likely N-dealkylation sites (tertiary alicyclic amines) is 1. The van der Waals surface area contributed by atoms with Gasteiger partial charge in [0.25, 0.3) is 11.7 Å². The Morgan fingerprint density at radius 1 is 1.26 bits per heavy atom. The smallest absolute Gasteiger partial charge is 0.288 e. The summed E-state index contributed by atoms with van der Waals surface area (Å²) in [7, 11) is 0. The molecule has 2 unspecified atom stereocenters. The standard InChI is InChI=1S/C19H25F2N3O2S/c20-19(21)27-16-8-2-1-6-14(16)18(26)24-10-4-5-13(12-24)11-23-17(25)15-7-3-9-22-15/h1-2,6,8,13,15,19,22H,3-5,7,9-12H2,(H,23,25). The van der Waals surface area contributed by atoms with Gasteiger partial charge >= 0.3 is 0 Å². The molecule has 3 rings (SSSR count). The Kier molecular flexibility index (Phi) is 7.07. The number of rotatable bonds is 6. The lowest BCUT2D eigenvalue weighted by Gasteiger charge is -2.33. The number of alkyl halides is 2. The van der Waals surface area contributed by atoms with Crippen molar-refractivity contribution in [3.8, 4) is 0 Å². The van der Waals surface area contributed by atoms with E-state index in [1.54, 1.807) is 29.2 Å². The average molecular weight is 397 g/mol. The third kappa shape index (κ3) is 5.42. The van der Waals surface area contributed by atoms with Crippen molar-refractivity contribution in [1.82, 2.24) is 15.5 Å². The summed E-state index contributed by atoms with van der Waals surface area (Å²) in [6, 6.07) is 6.40. The minimum Gasteiger partial charge on any atom is -0.354 e. The van der Waals surface area contributed by atoms with Crippen LogP contribution in [-0.4, -0.2) is 54.7 Å². The maximum absolute atomic E-state index is 12.9. The first-order valence-electron chi connectivity index (χ1n) is 9.39. The van der Waals surface area contributed by atoms with E-state index in [0.29, 0.717) is 41.9 Å². The molecule has 1 aromatic rings. The molecule has 27 heavy (non-hydrogen) atoms. The molecular formula is C19H25F2N3O2S. The zero-order chi connectivity index (χ0) is 19.2. The lowest BCUT2D eigenvalue weighted by molar-refractivity contribution is -0.123. The van der Waals surface area contributed by atoms with Crippen LogP contribution in [0, 0.1) is 5.92 Å². The molecule has 0 saturated carbocycles. The Balaban J connectivity index is 1.57. The zero-order valence-electron chi connectivity index (χ0n) is 15.1. The second-order valence-corrected chi connectivity index (χ2v) is 8.06. The minimum absolute atomic E-state index is 0.0228. The molecule has 2 saturated heterocycles. The Hall–Kier alpha value is -1.67. The van der Waals surface area contributed by atoms with E-state index < -0.39 is 5.76 Å². The molecule has 2 aliphatic heterocycles. The fraction of sp³-hybridized carbons (Fsp3) is 0.579. The molecule has 148 valence electrons. The van der Waals surface area contributed by atoms with Gasteiger partial charge < -0.3 is 15.5 Å². The van der Waals surface area contributed by atoms with Gasteiger partial charge in [0.05, 0.1) is 11.6 Å². The molecular weight excluding hydrogens is 372 g/mol. The highest BCUT2D eigenvalue weighted by molar-refractivity contribution is 7.99. The first-order chi connectivity index (χ1) is 13.0. The van der Waals surface area contributed by atoms with Gasteiger partial charge in [0, 0.05) is 24.5 Å². The zero-order valence-corrected chi connectivity index (χ0v) is 15.9. The predicted octanol–water partition coefficient (Wildman–Crippen LogP) is 2.72. The molecule has 2 atom stereocenters. The number of benzene rings is 1. The van der Waals surface area contributed by atoms with Crippen LogP contribution in [0.1, 0.15) is 36.0 Å². The fourth-order valence-corrected chi connectivity index (χ4v) is 4.34. The summed E-state index contributed by atoms with van der Waals surface area (Å²) in [6.45, 7) is 2.56. The average Bonchev–Trinajstić information content (AvgIpc) is 3.21. The summed E-state index contributed by atoms with van der Waals surface area (Å²) in [5.74, 6) is -2.57. The SMILES string of the molecule is O=C(NCC1CCCN(C(=O)c2ccccc2SC(F)F)C1)C1CCCN1. The highest BCUT2D eigenvalue weighted by Crippen LogP contribution is 2.30. The number of thioether (sulfide) groups is 1. The Morgan fingerprint density at radius 3 is 2.81 bits per heavy atom. The van der Waals surface area contributed by atoms with Gasteiger partial charge in [0.15, 0.2) is 0 Å². The largest absolute Gasteiger partial charge is 0.354 e. The minimum atomic E-state index is -2.56. The normalized spacial score (nSPS) is 22.9. The van der Waals surface area contributed by atoms with Crippen LogP contribution in [0.5, 0.6) is 0 Å². The number of carbonyl (C=O) groups is 2. The molecule has 0 radical (unpaired) electrons. The van der Waals surface area contributed by atoms with Crippen LogP contribution >= 0.6 is 11.8 Å². The second-order valence-electron chi connectivity index (χ2n) is 7.03. The molecule has 8 heteroatoms. The van der Waals surface area contributed by atoms with E-state index in [1.165, 1.54) is 0 Å². The van der Waals surface area contributed by atoms with Crippen LogP contribution in [0.2, 0.25) is 0 Å². The number of amides is 2.